The Bertz CT molecular complexity index is 755. The highest BCUT2D eigenvalue weighted by Crippen LogP contribution is 2.46. The van der Waals surface area contributed by atoms with Crippen molar-refractivity contribution in [1.82, 2.24) is 9.21 Å². The molecule has 138 valence electrons. The molecule has 6 heteroatoms. The van der Waals surface area contributed by atoms with Crippen LogP contribution >= 0.6 is 0 Å². The lowest BCUT2D eigenvalue weighted by Crippen LogP contribution is -2.45. The Balaban J connectivity index is 1.70. The van der Waals surface area contributed by atoms with Gasteiger partial charge in [-0.25, -0.2) is 8.42 Å². The SMILES string of the molecule is Cc1ccc(S(=O)(=O)N(C)CC(=O)N(C)C(C2CC2)C2CC2)cc1C. The topological polar surface area (TPSA) is 57.7 Å². The van der Waals surface area contributed by atoms with Gasteiger partial charge in [0.15, 0.2) is 0 Å². The number of hydrogen-bond donors (Lipinski definition) is 0. The summed E-state index contributed by atoms with van der Waals surface area (Å²) >= 11 is 0. The molecule has 0 unspecified atom stereocenters. The van der Waals surface area contributed by atoms with E-state index in [9.17, 15) is 13.2 Å². The number of sulfonamides is 1. The van der Waals surface area contributed by atoms with Crippen molar-refractivity contribution in [2.45, 2.75) is 50.5 Å². The summed E-state index contributed by atoms with van der Waals surface area (Å²) in [6, 6.07) is 5.39. The Morgan fingerprint density at radius 3 is 2.12 bits per heavy atom. The fraction of sp³-hybridized carbons (Fsp3) is 0.632. The summed E-state index contributed by atoms with van der Waals surface area (Å²) in [4.78, 5) is 14.7. The third-order valence-electron chi connectivity index (χ3n) is 5.60. The lowest BCUT2D eigenvalue weighted by Gasteiger charge is -2.30. The second-order valence-corrected chi connectivity index (χ2v) is 9.72. The third kappa shape index (κ3) is 3.90. The smallest absolute Gasteiger partial charge is 0.243 e. The van der Waals surface area contributed by atoms with E-state index in [2.05, 4.69) is 0 Å². The molecule has 2 aliphatic rings. The number of carbonyl (C=O) groups excluding carboxylic acids is 1. The zero-order chi connectivity index (χ0) is 18.4. The molecule has 1 amide bonds. The first-order chi connectivity index (χ1) is 11.7. The number of aryl methyl sites for hydroxylation is 2. The Morgan fingerprint density at radius 1 is 1.08 bits per heavy atom. The van der Waals surface area contributed by atoms with Crippen LogP contribution in [0, 0.1) is 25.7 Å². The highest BCUT2D eigenvalue weighted by atomic mass is 32.2. The zero-order valence-corrected chi connectivity index (χ0v) is 16.3. The van der Waals surface area contributed by atoms with Crippen LogP contribution in [-0.2, 0) is 14.8 Å². The van der Waals surface area contributed by atoms with E-state index in [1.807, 2.05) is 25.8 Å². The monoisotopic (exact) mass is 364 g/mol. The molecule has 0 saturated heterocycles. The van der Waals surface area contributed by atoms with E-state index < -0.39 is 10.0 Å². The van der Waals surface area contributed by atoms with E-state index in [0.717, 1.165) is 11.1 Å². The predicted octanol–water partition coefficient (Wildman–Crippen LogP) is 2.57. The molecule has 0 bridgehead atoms. The molecular weight excluding hydrogens is 336 g/mol. The Kier molecular flexibility index (Phi) is 4.95. The molecule has 2 aliphatic carbocycles. The zero-order valence-electron chi connectivity index (χ0n) is 15.5. The summed E-state index contributed by atoms with van der Waals surface area (Å²) in [7, 11) is -0.337. The van der Waals surface area contributed by atoms with Gasteiger partial charge in [-0.3, -0.25) is 4.79 Å². The first kappa shape index (κ1) is 18.4. The quantitative estimate of drug-likeness (QED) is 0.747. The fourth-order valence-corrected chi connectivity index (χ4v) is 4.71. The number of carbonyl (C=O) groups is 1. The molecule has 0 spiro atoms. The van der Waals surface area contributed by atoms with Gasteiger partial charge in [-0.2, -0.15) is 4.31 Å². The number of benzene rings is 1. The van der Waals surface area contributed by atoms with E-state index >= 15 is 0 Å². The fourth-order valence-electron chi connectivity index (χ4n) is 3.50. The van der Waals surface area contributed by atoms with E-state index in [4.69, 9.17) is 0 Å². The van der Waals surface area contributed by atoms with Gasteiger partial charge in [-0.15, -0.1) is 0 Å². The lowest BCUT2D eigenvalue weighted by atomic mass is 10.1. The molecule has 5 nitrogen and oxygen atoms in total. The van der Waals surface area contributed by atoms with Gasteiger partial charge in [0.05, 0.1) is 11.4 Å². The summed E-state index contributed by atoms with van der Waals surface area (Å²) in [6.07, 6.45) is 4.76. The van der Waals surface area contributed by atoms with Gasteiger partial charge in [0, 0.05) is 20.1 Å². The maximum atomic E-state index is 12.8. The van der Waals surface area contributed by atoms with Crippen molar-refractivity contribution in [3.8, 4) is 0 Å². The highest BCUT2D eigenvalue weighted by Gasteiger charge is 2.45. The molecule has 2 saturated carbocycles. The average Bonchev–Trinajstić information content (AvgIpc) is 3.43. The molecule has 25 heavy (non-hydrogen) atoms. The van der Waals surface area contributed by atoms with Crippen LogP contribution in [0.3, 0.4) is 0 Å². The van der Waals surface area contributed by atoms with Gasteiger partial charge in [-0.05, 0) is 74.6 Å². The third-order valence-corrected chi connectivity index (χ3v) is 7.39. The number of likely N-dealkylation sites (N-methyl/N-ethyl adjacent to an activating group) is 2. The number of hydrogen-bond acceptors (Lipinski definition) is 3. The standard InChI is InChI=1S/C19H28N2O3S/c1-13-5-10-17(11-14(13)2)25(23,24)20(3)12-18(22)21(4)19(15-6-7-15)16-8-9-16/h5,10-11,15-16,19H,6-9,12H2,1-4H3. The van der Waals surface area contributed by atoms with Crippen LogP contribution in [-0.4, -0.2) is 50.2 Å². The average molecular weight is 365 g/mol. The van der Waals surface area contributed by atoms with Gasteiger partial charge in [-0.1, -0.05) is 6.07 Å². The molecule has 0 aromatic heterocycles. The largest absolute Gasteiger partial charge is 0.341 e. The number of rotatable bonds is 7. The van der Waals surface area contributed by atoms with Crippen molar-refractivity contribution in [2.75, 3.05) is 20.6 Å². The molecule has 1 aromatic rings. The normalized spacial score (nSPS) is 18.0. The minimum absolute atomic E-state index is 0.109. The summed E-state index contributed by atoms with van der Waals surface area (Å²) in [5.74, 6) is 1.12. The van der Waals surface area contributed by atoms with E-state index in [-0.39, 0.29) is 17.3 Å². The number of nitrogens with zero attached hydrogens (tertiary/aromatic N) is 2. The summed E-state index contributed by atoms with van der Waals surface area (Å²) in [5, 5.41) is 0. The molecular formula is C19H28N2O3S. The van der Waals surface area contributed by atoms with Gasteiger partial charge >= 0.3 is 0 Å². The Hall–Kier alpha value is -1.40. The van der Waals surface area contributed by atoms with E-state index in [1.165, 1.54) is 37.0 Å². The molecule has 0 radical (unpaired) electrons. The molecule has 2 fully saturated rings. The van der Waals surface area contributed by atoms with Crippen molar-refractivity contribution in [2.24, 2.45) is 11.8 Å². The lowest BCUT2D eigenvalue weighted by molar-refractivity contribution is -0.132. The summed E-state index contributed by atoms with van der Waals surface area (Å²) in [6.45, 7) is 3.73. The van der Waals surface area contributed by atoms with E-state index in [0.29, 0.717) is 17.9 Å². The van der Waals surface area contributed by atoms with Crippen molar-refractivity contribution in [1.29, 1.82) is 0 Å². The maximum absolute atomic E-state index is 12.8. The van der Waals surface area contributed by atoms with Crippen molar-refractivity contribution in [3.63, 3.8) is 0 Å². The van der Waals surface area contributed by atoms with Gasteiger partial charge in [0.25, 0.3) is 0 Å². The van der Waals surface area contributed by atoms with Crippen LogP contribution in [0.2, 0.25) is 0 Å². The van der Waals surface area contributed by atoms with Crippen LogP contribution in [0.25, 0.3) is 0 Å². The second-order valence-electron chi connectivity index (χ2n) is 7.68. The molecule has 1 aromatic carbocycles. The van der Waals surface area contributed by atoms with E-state index in [1.54, 1.807) is 18.2 Å². The molecule has 0 aliphatic heterocycles. The van der Waals surface area contributed by atoms with Crippen molar-refractivity contribution < 1.29 is 13.2 Å². The Morgan fingerprint density at radius 2 is 1.64 bits per heavy atom. The van der Waals surface area contributed by atoms with Crippen LogP contribution < -0.4 is 0 Å². The second kappa shape index (κ2) is 6.72. The van der Waals surface area contributed by atoms with Gasteiger partial charge in [0.2, 0.25) is 15.9 Å². The van der Waals surface area contributed by atoms with Crippen LogP contribution in [0.1, 0.15) is 36.8 Å². The minimum atomic E-state index is -3.66. The van der Waals surface area contributed by atoms with Crippen LogP contribution in [0.15, 0.2) is 23.1 Å². The van der Waals surface area contributed by atoms with Crippen molar-refractivity contribution >= 4 is 15.9 Å². The molecule has 3 rings (SSSR count). The van der Waals surface area contributed by atoms with Crippen molar-refractivity contribution in [3.05, 3.63) is 29.3 Å². The summed E-state index contributed by atoms with van der Waals surface area (Å²) < 4.78 is 26.7. The molecule has 0 N–H and O–H groups in total. The van der Waals surface area contributed by atoms with Crippen LogP contribution in [0.4, 0.5) is 0 Å². The predicted molar refractivity (Wildman–Crippen MR) is 97.7 cm³/mol. The summed E-state index contributed by atoms with van der Waals surface area (Å²) in [5.41, 5.74) is 1.98. The molecule has 0 atom stereocenters. The highest BCUT2D eigenvalue weighted by molar-refractivity contribution is 7.89. The first-order valence-electron chi connectivity index (χ1n) is 9.01. The maximum Gasteiger partial charge on any atom is 0.243 e. The first-order valence-corrected chi connectivity index (χ1v) is 10.4. The Labute approximate surface area is 151 Å². The minimum Gasteiger partial charge on any atom is -0.341 e. The molecule has 0 heterocycles. The number of amides is 1. The van der Waals surface area contributed by atoms with Crippen LogP contribution in [0.5, 0.6) is 0 Å². The van der Waals surface area contributed by atoms with Gasteiger partial charge in [0.1, 0.15) is 0 Å². The van der Waals surface area contributed by atoms with Gasteiger partial charge < -0.3 is 4.90 Å².